The number of ether oxygens (including phenoxy) is 3. The van der Waals surface area contributed by atoms with E-state index in [1.807, 2.05) is 27.7 Å². The number of carbonyl (C=O) groups is 4. The molecule has 40 heavy (non-hydrogen) atoms. The molecule has 224 valence electrons. The summed E-state index contributed by atoms with van der Waals surface area (Å²) in [4.78, 5) is 52.4. The maximum Gasteiger partial charge on any atom is 0.325 e. The molecule has 0 heterocycles. The highest BCUT2D eigenvalue weighted by atomic mass is 16.6. The molecule has 0 saturated carbocycles. The Hall–Kier alpha value is -2.96. The second-order valence-corrected chi connectivity index (χ2v) is 12.4. The van der Waals surface area contributed by atoms with Crippen molar-refractivity contribution in [3.63, 3.8) is 0 Å². The van der Waals surface area contributed by atoms with Crippen LogP contribution in [0.5, 0.6) is 5.75 Å². The van der Waals surface area contributed by atoms with E-state index >= 15 is 0 Å². The first-order valence-corrected chi connectivity index (χ1v) is 14.5. The van der Waals surface area contributed by atoms with E-state index in [0.29, 0.717) is 18.4 Å². The summed E-state index contributed by atoms with van der Waals surface area (Å²) in [6, 6.07) is 4.55. The fraction of sp³-hybridized carbons (Fsp3) is 0.636. The van der Waals surface area contributed by atoms with E-state index in [9.17, 15) is 19.2 Å². The predicted molar refractivity (Wildman–Crippen MR) is 157 cm³/mol. The molecule has 0 aliphatic carbocycles. The Kier molecular flexibility index (Phi) is 13.8. The molecule has 1 rings (SSSR count). The Morgan fingerprint density at radius 2 is 1.50 bits per heavy atom. The molecule has 0 amide bonds. The van der Waals surface area contributed by atoms with Gasteiger partial charge in [-0.15, -0.1) is 0 Å². The average Bonchev–Trinajstić information content (AvgIpc) is 2.84. The molecule has 7 heteroatoms. The largest absolute Gasteiger partial charge is 0.489 e. The number of esters is 2. The summed E-state index contributed by atoms with van der Waals surface area (Å²) in [5, 5.41) is 0. The van der Waals surface area contributed by atoms with Crippen molar-refractivity contribution in [2.24, 2.45) is 11.3 Å². The van der Waals surface area contributed by atoms with Crippen LogP contribution in [-0.4, -0.2) is 35.2 Å². The van der Waals surface area contributed by atoms with E-state index in [-0.39, 0.29) is 35.1 Å². The summed E-state index contributed by atoms with van der Waals surface area (Å²) in [5.74, 6) is -2.81. The molecule has 0 N–H and O–H groups in total. The van der Waals surface area contributed by atoms with Gasteiger partial charge in [0.25, 0.3) is 0 Å². The summed E-state index contributed by atoms with van der Waals surface area (Å²) in [5.41, 5.74) is -0.758. The quantitative estimate of drug-likeness (QED) is 0.0506. The molecule has 0 fully saturated rings. The molecule has 1 aromatic carbocycles. The van der Waals surface area contributed by atoms with Gasteiger partial charge in [0, 0.05) is 17.4 Å². The van der Waals surface area contributed by atoms with Crippen LogP contribution in [0.25, 0.3) is 0 Å². The summed E-state index contributed by atoms with van der Waals surface area (Å²) in [7, 11) is 0. The molecule has 0 radical (unpaired) electrons. The van der Waals surface area contributed by atoms with Crippen LogP contribution in [0.15, 0.2) is 30.5 Å². The molecular weight excluding hydrogens is 508 g/mol. The maximum atomic E-state index is 13.3. The summed E-state index contributed by atoms with van der Waals surface area (Å²) in [6.07, 6.45) is 5.47. The molecule has 1 aromatic rings. The Morgan fingerprint density at radius 3 is 2.05 bits per heavy atom. The topological polar surface area (TPSA) is 96.0 Å². The third-order valence-corrected chi connectivity index (χ3v) is 6.28. The molecule has 0 aliphatic rings. The van der Waals surface area contributed by atoms with Crippen LogP contribution in [0.3, 0.4) is 0 Å². The SMILES string of the molecule is C=C(OC(C)(C)C)C(C)OC(=O)C(CCC)C(=O)Oc1ccc(C(=O)CCCCCCC)cc1C(=O)C(C)(C)C. The first-order valence-electron chi connectivity index (χ1n) is 14.5. The van der Waals surface area contributed by atoms with Crippen LogP contribution in [0.1, 0.15) is 134 Å². The molecule has 7 nitrogen and oxygen atoms in total. The van der Waals surface area contributed by atoms with Crippen LogP contribution in [0.2, 0.25) is 0 Å². The molecule has 0 bridgehead atoms. The van der Waals surface area contributed by atoms with E-state index in [0.717, 1.165) is 32.1 Å². The number of hydrogen-bond acceptors (Lipinski definition) is 7. The minimum Gasteiger partial charge on any atom is -0.489 e. The van der Waals surface area contributed by atoms with E-state index in [1.54, 1.807) is 33.8 Å². The number of carbonyl (C=O) groups excluding carboxylic acids is 4. The third kappa shape index (κ3) is 11.6. The van der Waals surface area contributed by atoms with Gasteiger partial charge in [0.05, 0.1) is 5.56 Å². The molecule has 2 atom stereocenters. The highest BCUT2D eigenvalue weighted by molar-refractivity contribution is 6.06. The van der Waals surface area contributed by atoms with Gasteiger partial charge in [0.1, 0.15) is 17.1 Å². The van der Waals surface area contributed by atoms with Crippen molar-refractivity contribution in [2.45, 2.75) is 125 Å². The van der Waals surface area contributed by atoms with Crippen molar-refractivity contribution in [3.8, 4) is 5.75 Å². The number of ketones is 2. The molecule has 0 aliphatic heterocycles. The number of hydrogen-bond donors (Lipinski definition) is 0. The van der Waals surface area contributed by atoms with Gasteiger partial charge in [-0.05, 0) is 58.7 Å². The molecule has 0 aromatic heterocycles. The van der Waals surface area contributed by atoms with Crippen molar-refractivity contribution in [1.82, 2.24) is 0 Å². The Bertz CT molecular complexity index is 1040. The van der Waals surface area contributed by atoms with E-state index in [1.165, 1.54) is 12.1 Å². The zero-order chi connectivity index (χ0) is 30.7. The Labute approximate surface area is 241 Å². The maximum absolute atomic E-state index is 13.3. The van der Waals surface area contributed by atoms with Crippen LogP contribution in [0, 0.1) is 11.3 Å². The normalized spacial score (nSPS) is 13.2. The second-order valence-electron chi connectivity index (χ2n) is 12.4. The highest BCUT2D eigenvalue weighted by Gasteiger charge is 2.34. The smallest absolute Gasteiger partial charge is 0.325 e. The molecule has 0 spiro atoms. The summed E-state index contributed by atoms with van der Waals surface area (Å²) >= 11 is 0. The van der Waals surface area contributed by atoms with Crippen molar-refractivity contribution in [3.05, 3.63) is 41.7 Å². The highest BCUT2D eigenvalue weighted by Crippen LogP contribution is 2.30. The second kappa shape index (κ2) is 15.7. The third-order valence-electron chi connectivity index (χ3n) is 6.28. The molecular formula is C33H50O7. The van der Waals surface area contributed by atoms with Gasteiger partial charge in [0.2, 0.25) is 0 Å². The van der Waals surface area contributed by atoms with Gasteiger partial charge < -0.3 is 14.2 Å². The monoisotopic (exact) mass is 558 g/mol. The first kappa shape index (κ1) is 35.1. The van der Waals surface area contributed by atoms with Crippen molar-refractivity contribution in [1.29, 1.82) is 0 Å². The van der Waals surface area contributed by atoms with E-state index < -0.39 is 35.0 Å². The molecule has 0 saturated heterocycles. The number of rotatable bonds is 16. The first-order chi connectivity index (χ1) is 18.5. The van der Waals surface area contributed by atoms with E-state index in [2.05, 4.69) is 13.5 Å². The van der Waals surface area contributed by atoms with E-state index in [4.69, 9.17) is 14.2 Å². The van der Waals surface area contributed by atoms with Gasteiger partial charge in [-0.1, -0.05) is 73.3 Å². The Balaban J connectivity index is 3.17. The van der Waals surface area contributed by atoms with Gasteiger partial charge in [-0.25, -0.2) is 0 Å². The lowest BCUT2D eigenvalue weighted by Crippen LogP contribution is -2.34. The lowest BCUT2D eigenvalue weighted by atomic mass is 9.85. The van der Waals surface area contributed by atoms with Crippen LogP contribution < -0.4 is 4.74 Å². The van der Waals surface area contributed by atoms with Crippen LogP contribution in [-0.2, 0) is 19.1 Å². The minimum absolute atomic E-state index is 0.0202. The fourth-order valence-corrected chi connectivity index (χ4v) is 4.01. The number of benzene rings is 1. The van der Waals surface area contributed by atoms with Gasteiger partial charge >= 0.3 is 11.9 Å². The zero-order valence-electron chi connectivity index (χ0n) is 26.1. The average molecular weight is 559 g/mol. The predicted octanol–water partition coefficient (Wildman–Crippen LogP) is 8.04. The Morgan fingerprint density at radius 1 is 0.875 bits per heavy atom. The van der Waals surface area contributed by atoms with Crippen LogP contribution >= 0.6 is 0 Å². The number of unbranched alkanes of at least 4 members (excludes halogenated alkanes) is 4. The molecule has 2 unspecified atom stereocenters. The fourth-order valence-electron chi connectivity index (χ4n) is 4.01. The van der Waals surface area contributed by atoms with Gasteiger partial charge in [-0.2, -0.15) is 0 Å². The van der Waals surface area contributed by atoms with Crippen molar-refractivity contribution in [2.75, 3.05) is 0 Å². The van der Waals surface area contributed by atoms with Gasteiger partial charge in [-0.3, -0.25) is 19.2 Å². The standard InChI is InChI=1S/C33H50O7/c1-11-13-14-15-16-18-27(34)24-19-20-28(26(21-24)29(35)32(5,6)7)39-31(37)25(17-12-2)30(36)38-22(3)23(4)40-33(8,9)10/h19-22,25H,4,11-18H2,1-3,5-10H3. The van der Waals surface area contributed by atoms with Crippen molar-refractivity contribution < 1.29 is 33.4 Å². The number of Topliss-reactive ketones (excluding diaryl/α,β-unsaturated/α-hetero) is 2. The van der Waals surface area contributed by atoms with Crippen LogP contribution in [0.4, 0.5) is 0 Å². The summed E-state index contributed by atoms with van der Waals surface area (Å²) in [6.45, 7) is 20.3. The summed E-state index contributed by atoms with van der Waals surface area (Å²) < 4.78 is 16.8. The van der Waals surface area contributed by atoms with Crippen molar-refractivity contribution >= 4 is 23.5 Å². The van der Waals surface area contributed by atoms with Gasteiger partial charge in [0.15, 0.2) is 23.6 Å². The minimum atomic E-state index is -1.20. The lowest BCUT2D eigenvalue weighted by Gasteiger charge is -2.26. The zero-order valence-corrected chi connectivity index (χ0v) is 26.1. The lowest BCUT2D eigenvalue weighted by molar-refractivity contribution is -0.161.